The molecule has 0 saturated heterocycles. The van der Waals surface area contributed by atoms with E-state index in [1.807, 2.05) is 18.2 Å². The minimum Gasteiger partial charge on any atom is -0.236 e. The van der Waals surface area contributed by atoms with Crippen molar-refractivity contribution in [3.8, 4) is 11.1 Å². The molecule has 2 aromatic rings. The third-order valence-electron chi connectivity index (χ3n) is 7.02. The normalized spacial score (nSPS) is 27.8. The van der Waals surface area contributed by atoms with Crippen LogP contribution in [0.2, 0.25) is 0 Å². The van der Waals surface area contributed by atoms with Crippen LogP contribution in [0.3, 0.4) is 0 Å². The number of hydrogen-bond donors (Lipinski definition) is 0. The van der Waals surface area contributed by atoms with Gasteiger partial charge in [0.15, 0.2) is 0 Å². The van der Waals surface area contributed by atoms with Gasteiger partial charge in [-0.15, -0.1) is 23.8 Å². The fourth-order valence-electron chi connectivity index (χ4n) is 5.30. The second-order valence-corrected chi connectivity index (χ2v) is 8.82. The van der Waals surface area contributed by atoms with E-state index in [2.05, 4.69) is 19.1 Å². The van der Waals surface area contributed by atoms with Crippen LogP contribution in [0, 0.1) is 35.5 Å². The maximum absolute atomic E-state index is 13.4. The van der Waals surface area contributed by atoms with Crippen LogP contribution in [0.15, 0.2) is 36.4 Å². The molecule has 0 unspecified atom stereocenters. The molecule has 0 radical (unpaired) electrons. The first-order valence-corrected chi connectivity index (χ1v) is 10.6. The Balaban J connectivity index is 0.00000225. The third kappa shape index (κ3) is 5.30. The summed E-state index contributed by atoms with van der Waals surface area (Å²) in [7, 11) is 0. The van der Waals surface area contributed by atoms with E-state index in [1.54, 1.807) is 0 Å². The fourth-order valence-corrected chi connectivity index (χ4v) is 5.30. The molecule has 4 rings (SSSR count). The van der Waals surface area contributed by atoms with Crippen molar-refractivity contribution in [2.75, 3.05) is 0 Å². The second kappa shape index (κ2) is 9.94. The van der Waals surface area contributed by atoms with Crippen LogP contribution >= 0.6 is 0 Å². The Morgan fingerprint density at radius 3 is 1.75 bits per heavy atom. The van der Waals surface area contributed by atoms with Gasteiger partial charge in [-0.1, -0.05) is 44.0 Å². The van der Waals surface area contributed by atoms with Crippen LogP contribution in [-0.4, -0.2) is 0 Å². The molecule has 2 aliphatic rings. The molecule has 0 atom stereocenters. The van der Waals surface area contributed by atoms with Crippen molar-refractivity contribution in [1.82, 2.24) is 0 Å². The van der Waals surface area contributed by atoms with E-state index in [9.17, 15) is 8.78 Å². The van der Waals surface area contributed by atoms with Gasteiger partial charge >= 0.3 is 32.7 Å². The Morgan fingerprint density at radius 2 is 1.21 bits per heavy atom. The molecule has 0 bridgehead atoms. The first kappa shape index (κ1) is 22.1. The summed E-state index contributed by atoms with van der Waals surface area (Å²) in [5.41, 5.74) is 2.80. The number of rotatable bonds is 3. The predicted molar refractivity (Wildman–Crippen MR) is 106 cm³/mol. The standard InChI is InChI=1S/C25H29F2.Y/c1-17-2-4-18(5-3-17)19-6-8-20(9-7-19)21-10-12-22(13-11-21)23-14-24(26)16-25(27)15-23;/h10-15,17-20H,2-9H2,1H3;/q-1;+3. The summed E-state index contributed by atoms with van der Waals surface area (Å²) >= 11 is 0. The molecule has 0 N–H and O–H groups in total. The van der Waals surface area contributed by atoms with Crippen molar-refractivity contribution in [3.05, 3.63) is 59.7 Å². The Kier molecular flexibility index (Phi) is 7.84. The molecule has 0 aliphatic heterocycles. The van der Waals surface area contributed by atoms with Crippen LogP contribution in [-0.2, 0) is 32.7 Å². The van der Waals surface area contributed by atoms with Crippen molar-refractivity contribution in [2.45, 2.75) is 64.2 Å². The minimum atomic E-state index is -0.649. The van der Waals surface area contributed by atoms with Crippen molar-refractivity contribution < 1.29 is 41.5 Å². The molecule has 2 fully saturated rings. The van der Waals surface area contributed by atoms with Crippen LogP contribution in [0.1, 0.15) is 69.8 Å². The molecule has 0 spiro atoms. The average molecular weight is 456 g/mol. The summed E-state index contributed by atoms with van der Waals surface area (Å²) in [5.74, 6) is 2.16. The molecule has 2 aromatic carbocycles. The summed E-state index contributed by atoms with van der Waals surface area (Å²) in [6.45, 7) is 2.40. The molecule has 3 heteroatoms. The van der Waals surface area contributed by atoms with Crippen LogP contribution < -0.4 is 0 Å². The zero-order valence-electron chi connectivity index (χ0n) is 16.8. The first-order chi connectivity index (χ1) is 13.1. The molecular weight excluding hydrogens is 427 g/mol. The number of benzene rings is 2. The minimum absolute atomic E-state index is 0. The summed E-state index contributed by atoms with van der Waals surface area (Å²) in [5, 5.41) is 0. The second-order valence-electron chi connectivity index (χ2n) is 8.82. The van der Waals surface area contributed by atoms with Gasteiger partial charge in [-0.2, -0.15) is 0 Å². The maximum Gasteiger partial charge on any atom is 3.00 e. The van der Waals surface area contributed by atoms with Gasteiger partial charge in [0, 0.05) is 11.6 Å². The Morgan fingerprint density at radius 1 is 0.714 bits per heavy atom. The monoisotopic (exact) mass is 456 g/mol. The van der Waals surface area contributed by atoms with Crippen molar-refractivity contribution in [3.63, 3.8) is 0 Å². The molecule has 0 aromatic heterocycles. The number of hydrogen-bond acceptors (Lipinski definition) is 0. The van der Waals surface area contributed by atoms with Crippen molar-refractivity contribution >= 4 is 0 Å². The molecule has 0 nitrogen and oxygen atoms in total. The maximum atomic E-state index is 13.4. The Labute approximate surface area is 193 Å². The van der Waals surface area contributed by atoms with E-state index in [4.69, 9.17) is 0 Å². The molecule has 2 saturated carbocycles. The van der Waals surface area contributed by atoms with Gasteiger partial charge in [-0.05, 0) is 73.3 Å². The molecule has 0 heterocycles. The van der Waals surface area contributed by atoms with E-state index >= 15 is 0 Å². The van der Waals surface area contributed by atoms with Crippen molar-refractivity contribution in [2.24, 2.45) is 17.8 Å². The summed E-state index contributed by atoms with van der Waals surface area (Å²) in [4.78, 5) is 0. The topological polar surface area (TPSA) is 0 Å². The Bertz CT molecular complexity index is 734. The van der Waals surface area contributed by atoms with Gasteiger partial charge in [0.1, 0.15) is 0 Å². The summed E-state index contributed by atoms with van der Waals surface area (Å²) in [6, 6.07) is 13.0. The van der Waals surface area contributed by atoms with E-state index in [1.165, 1.54) is 69.1 Å². The average Bonchev–Trinajstić information content (AvgIpc) is 2.68. The Hall–Kier alpha value is -0.596. The molecule has 144 valence electrons. The van der Waals surface area contributed by atoms with E-state index in [0.29, 0.717) is 11.5 Å². The first-order valence-electron chi connectivity index (χ1n) is 10.6. The molecule has 0 amide bonds. The van der Waals surface area contributed by atoms with Crippen LogP contribution in [0.5, 0.6) is 0 Å². The van der Waals surface area contributed by atoms with Gasteiger partial charge in [0.25, 0.3) is 0 Å². The van der Waals surface area contributed by atoms with Gasteiger partial charge in [0.2, 0.25) is 0 Å². The van der Waals surface area contributed by atoms with Gasteiger partial charge in [0.05, 0.1) is 0 Å². The van der Waals surface area contributed by atoms with Gasteiger partial charge in [-0.3, -0.25) is 0 Å². The predicted octanol–water partition coefficient (Wildman–Crippen LogP) is 7.53. The number of halogens is 2. The smallest absolute Gasteiger partial charge is 0.236 e. The molecule has 28 heavy (non-hydrogen) atoms. The van der Waals surface area contributed by atoms with E-state index in [0.717, 1.165) is 23.3 Å². The van der Waals surface area contributed by atoms with Crippen LogP contribution in [0.4, 0.5) is 8.78 Å². The fraction of sp³-hybridized carbons (Fsp3) is 0.520. The van der Waals surface area contributed by atoms with E-state index < -0.39 is 11.6 Å². The largest absolute Gasteiger partial charge is 3.00 e. The van der Waals surface area contributed by atoms with E-state index in [-0.39, 0.29) is 32.7 Å². The summed E-state index contributed by atoms with van der Waals surface area (Å²) in [6.07, 6.45) is 11.0. The zero-order valence-corrected chi connectivity index (χ0v) is 19.6. The molecular formula is C25H29F2Y+2. The third-order valence-corrected chi connectivity index (χ3v) is 7.02. The van der Waals surface area contributed by atoms with Gasteiger partial charge in [-0.25, -0.2) is 8.78 Å². The van der Waals surface area contributed by atoms with Gasteiger partial charge < -0.3 is 0 Å². The molecule has 2 aliphatic carbocycles. The quantitative estimate of drug-likeness (QED) is 0.419. The SMILES string of the molecule is CC1CCC(C2CCC(c3ccc(-c4cc(F)[c-]c(F)c4)cc3)CC2)CC1.[Y+3]. The summed E-state index contributed by atoms with van der Waals surface area (Å²) < 4.78 is 26.8. The zero-order chi connectivity index (χ0) is 18.8. The van der Waals surface area contributed by atoms with Crippen LogP contribution in [0.25, 0.3) is 11.1 Å². The van der Waals surface area contributed by atoms with Crippen molar-refractivity contribution in [1.29, 1.82) is 0 Å².